The lowest BCUT2D eigenvalue weighted by Crippen LogP contribution is -2.41. The van der Waals surface area contributed by atoms with Gasteiger partial charge >= 0.3 is 5.97 Å². The van der Waals surface area contributed by atoms with Crippen molar-refractivity contribution in [2.45, 2.75) is 6.92 Å². The molecule has 0 aromatic heterocycles. The summed E-state index contributed by atoms with van der Waals surface area (Å²) < 4.78 is 16.3. The lowest BCUT2D eigenvalue weighted by Gasteiger charge is -2.26. The van der Waals surface area contributed by atoms with Crippen molar-refractivity contribution in [1.29, 1.82) is 5.26 Å². The molecular weight excluding hydrogens is 439 g/mol. The Labute approximate surface area is 159 Å². The Bertz CT molecular complexity index is 748. The second-order valence-corrected chi connectivity index (χ2v) is 6.36. The highest BCUT2D eigenvalue weighted by Crippen LogP contribution is 2.34. The average molecular weight is 456 g/mol. The SMILES string of the molecule is COc1cc(/C=C(\C#N)C(=O)N2CCOCC2)cc(I)c1OC(C)=O. The van der Waals surface area contributed by atoms with Gasteiger partial charge in [-0.15, -0.1) is 0 Å². The predicted octanol–water partition coefficient (Wildman–Crippen LogP) is 1.99. The van der Waals surface area contributed by atoms with Gasteiger partial charge < -0.3 is 19.1 Å². The van der Waals surface area contributed by atoms with Crippen LogP contribution in [0.1, 0.15) is 12.5 Å². The van der Waals surface area contributed by atoms with E-state index in [1.807, 2.05) is 28.7 Å². The third-order valence-corrected chi connectivity index (χ3v) is 4.26. The van der Waals surface area contributed by atoms with Crippen LogP contribution in [0.15, 0.2) is 17.7 Å². The minimum atomic E-state index is -0.459. The number of hydrogen-bond acceptors (Lipinski definition) is 6. The number of esters is 1. The number of carbonyl (C=O) groups is 2. The zero-order chi connectivity index (χ0) is 18.4. The smallest absolute Gasteiger partial charge is 0.308 e. The number of methoxy groups -OCH3 is 1. The molecule has 2 rings (SSSR count). The minimum Gasteiger partial charge on any atom is -0.493 e. The first kappa shape index (κ1) is 19.2. The molecule has 1 aliphatic rings. The molecule has 1 amide bonds. The van der Waals surface area contributed by atoms with Crippen LogP contribution in [0.5, 0.6) is 11.5 Å². The maximum atomic E-state index is 12.5. The van der Waals surface area contributed by atoms with E-state index in [-0.39, 0.29) is 11.5 Å². The van der Waals surface area contributed by atoms with E-state index < -0.39 is 5.97 Å². The normalized spacial score (nSPS) is 14.6. The highest BCUT2D eigenvalue weighted by molar-refractivity contribution is 14.1. The Morgan fingerprint density at radius 1 is 1.36 bits per heavy atom. The zero-order valence-electron chi connectivity index (χ0n) is 13.9. The van der Waals surface area contributed by atoms with E-state index in [9.17, 15) is 14.9 Å². The van der Waals surface area contributed by atoms with E-state index >= 15 is 0 Å². The van der Waals surface area contributed by atoms with E-state index in [1.54, 1.807) is 17.0 Å². The highest BCUT2D eigenvalue weighted by atomic mass is 127. The average Bonchev–Trinajstić information content (AvgIpc) is 2.61. The molecule has 1 saturated heterocycles. The molecule has 0 N–H and O–H groups in total. The molecule has 25 heavy (non-hydrogen) atoms. The summed E-state index contributed by atoms with van der Waals surface area (Å²) in [5, 5.41) is 9.36. The Morgan fingerprint density at radius 3 is 2.60 bits per heavy atom. The van der Waals surface area contributed by atoms with Crippen molar-refractivity contribution in [1.82, 2.24) is 4.90 Å². The zero-order valence-corrected chi connectivity index (χ0v) is 16.0. The van der Waals surface area contributed by atoms with Gasteiger partial charge in [0.25, 0.3) is 5.91 Å². The Balaban J connectivity index is 2.34. The van der Waals surface area contributed by atoms with Gasteiger partial charge in [0.1, 0.15) is 11.6 Å². The van der Waals surface area contributed by atoms with E-state index in [2.05, 4.69) is 0 Å². The summed E-state index contributed by atoms with van der Waals surface area (Å²) >= 11 is 2.01. The molecule has 1 aromatic carbocycles. The van der Waals surface area contributed by atoms with E-state index in [1.165, 1.54) is 20.1 Å². The first-order valence-corrected chi connectivity index (χ1v) is 8.59. The fourth-order valence-corrected chi connectivity index (χ4v) is 3.05. The van der Waals surface area contributed by atoms with Crippen LogP contribution in [0.4, 0.5) is 0 Å². The molecule has 1 fully saturated rings. The first-order chi connectivity index (χ1) is 12.0. The Morgan fingerprint density at radius 2 is 2.04 bits per heavy atom. The van der Waals surface area contributed by atoms with E-state index in [0.717, 1.165) is 0 Å². The third-order valence-electron chi connectivity index (χ3n) is 3.46. The van der Waals surface area contributed by atoms with Crippen LogP contribution in [0, 0.1) is 14.9 Å². The lowest BCUT2D eigenvalue weighted by atomic mass is 10.1. The number of rotatable bonds is 4. The molecule has 1 heterocycles. The molecule has 0 unspecified atom stereocenters. The van der Waals surface area contributed by atoms with Gasteiger partial charge in [-0.1, -0.05) is 0 Å². The maximum absolute atomic E-state index is 12.5. The van der Waals surface area contributed by atoms with Gasteiger partial charge in [0.15, 0.2) is 11.5 Å². The number of hydrogen-bond donors (Lipinski definition) is 0. The number of halogens is 1. The number of morpholine rings is 1. The van der Waals surface area contributed by atoms with Crippen molar-refractivity contribution in [3.05, 3.63) is 26.8 Å². The molecule has 0 bridgehead atoms. The molecule has 1 aromatic rings. The predicted molar refractivity (Wildman–Crippen MR) is 98.0 cm³/mol. The fourth-order valence-electron chi connectivity index (χ4n) is 2.31. The molecule has 0 aliphatic carbocycles. The molecule has 8 heteroatoms. The van der Waals surface area contributed by atoms with Crippen molar-refractivity contribution in [2.24, 2.45) is 0 Å². The fraction of sp³-hybridized carbons (Fsp3) is 0.353. The number of nitrogens with zero attached hydrogens (tertiary/aromatic N) is 2. The molecule has 1 aliphatic heterocycles. The van der Waals surface area contributed by atoms with E-state index in [4.69, 9.17) is 14.2 Å². The second kappa shape index (κ2) is 8.82. The van der Waals surface area contributed by atoms with Gasteiger partial charge in [-0.05, 0) is 46.4 Å². The number of benzene rings is 1. The minimum absolute atomic E-state index is 0.0278. The summed E-state index contributed by atoms with van der Waals surface area (Å²) in [6, 6.07) is 5.28. The summed E-state index contributed by atoms with van der Waals surface area (Å²) in [5.74, 6) is -0.126. The summed E-state index contributed by atoms with van der Waals surface area (Å²) in [6.07, 6.45) is 1.50. The largest absolute Gasteiger partial charge is 0.493 e. The summed E-state index contributed by atoms with van der Waals surface area (Å²) in [6.45, 7) is 3.16. The maximum Gasteiger partial charge on any atom is 0.308 e. The number of amides is 1. The van der Waals surface area contributed by atoms with Gasteiger partial charge in [0.2, 0.25) is 0 Å². The molecule has 0 radical (unpaired) electrons. The standard InChI is InChI=1S/C17H17IN2O5/c1-11(21)25-16-14(18)8-12(9-15(16)23-2)7-13(10-19)17(22)20-3-5-24-6-4-20/h7-9H,3-6H2,1-2H3/b13-7+. The number of ether oxygens (including phenoxy) is 3. The molecule has 7 nitrogen and oxygen atoms in total. The molecular formula is C17H17IN2O5. The van der Waals surface area contributed by atoms with Crippen LogP contribution in [0.25, 0.3) is 6.08 Å². The second-order valence-electron chi connectivity index (χ2n) is 5.20. The van der Waals surface area contributed by atoms with Crippen molar-refractivity contribution in [3.63, 3.8) is 0 Å². The van der Waals surface area contributed by atoms with Crippen molar-refractivity contribution in [2.75, 3.05) is 33.4 Å². The highest BCUT2D eigenvalue weighted by Gasteiger charge is 2.21. The van der Waals surface area contributed by atoms with E-state index in [0.29, 0.717) is 46.9 Å². The topological polar surface area (TPSA) is 88.9 Å². The first-order valence-electron chi connectivity index (χ1n) is 7.51. The van der Waals surface area contributed by atoms with Crippen molar-refractivity contribution >= 4 is 40.5 Å². The monoisotopic (exact) mass is 456 g/mol. The summed E-state index contributed by atoms with van der Waals surface area (Å²) in [7, 11) is 1.45. The van der Waals surface area contributed by atoms with Crippen LogP contribution in [0.3, 0.4) is 0 Å². The van der Waals surface area contributed by atoms with Crippen LogP contribution in [0.2, 0.25) is 0 Å². The van der Waals surface area contributed by atoms with Gasteiger partial charge in [-0.25, -0.2) is 0 Å². The summed E-state index contributed by atoms with van der Waals surface area (Å²) in [4.78, 5) is 25.3. The van der Waals surface area contributed by atoms with Crippen molar-refractivity contribution in [3.8, 4) is 17.6 Å². The van der Waals surface area contributed by atoms with Crippen LogP contribution < -0.4 is 9.47 Å². The molecule has 0 atom stereocenters. The van der Waals surface area contributed by atoms with Gasteiger partial charge in [0.05, 0.1) is 23.9 Å². The van der Waals surface area contributed by atoms with Gasteiger partial charge in [-0.2, -0.15) is 5.26 Å². The van der Waals surface area contributed by atoms with Gasteiger partial charge in [-0.3, -0.25) is 9.59 Å². The van der Waals surface area contributed by atoms with Crippen LogP contribution in [-0.4, -0.2) is 50.2 Å². The number of nitriles is 1. The molecule has 132 valence electrons. The Hall–Kier alpha value is -2.12. The lowest BCUT2D eigenvalue weighted by molar-refractivity contribution is -0.132. The third kappa shape index (κ3) is 4.93. The quantitative estimate of drug-likeness (QED) is 0.227. The van der Waals surface area contributed by atoms with Crippen LogP contribution >= 0.6 is 22.6 Å². The Kier molecular flexibility index (Phi) is 6.78. The van der Waals surface area contributed by atoms with Gasteiger partial charge in [0, 0.05) is 20.0 Å². The summed E-state index contributed by atoms with van der Waals surface area (Å²) in [5.41, 5.74) is 0.635. The van der Waals surface area contributed by atoms with Crippen molar-refractivity contribution < 1.29 is 23.8 Å². The van der Waals surface area contributed by atoms with Crippen LogP contribution in [-0.2, 0) is 14.3 Å². The molecule has 0 saturated carbocycles. The number of carbonyl (C=O) groups excluding carboxylic acids is 2. The molecule has 0 spiro atoms.